The molecule has 0 bridgehead atoms. The van der Waals surface area contributed by atoms with Crippen LogP contribution in [-0.4, -0.2) is 9.78 Å². The number of aromatic nitrogens is 2. The molecule has 1 heterocycles. The summed E-state index contributed by atoms with van der Waals surface area (Å²) in [5.41, 5.74) is 9.63. The number of halogens is 1. The van der Waals surface area contributed by atoms with Crippen LogP contribution in [0.5, 0.6) is 0 Å². The zero-order chi connectivity index (χ0) is 12.5. The van der Waals surface area contributed by atoms with E-state index in [1.165, 1.54) is 24.1 Å². The lowest BCUT2D eigenvalue weighted by Crippen LogP contribution is -2.10. The summed E-state index contributed by atoms with van der Waals surface area (Å²) in [5.74, 6) is 0. The van der Waals surface area contributed by atoms with Gasteiger partial charge in [0.15, 0.2) is 0 Å². The molecular weight excluding hydrogens is 246 g/mol. The molecule has 1 atom stereocenters. The predicted octanol–water partition coefficient (Wildman–Crippen LogP) is 3.25. The fourth-order valence-corrected chi connectivity index (χ4v) is 2.77. The van der Waals surface area contributed by atoms with E-state index in [0.717, 1.165) is 23.6 Å². The molecule has 3 nitrogen and oxygen atoms in total. The fraction of sp³-hybridized carbons (Fsp3) is 0.357. The van der Waals surface area contributed by atoms with Crippen molar-refractivity contribution >= 4 is 11.6 Å². The molecule has 1 unspecified atom stereocenters. The summed E-state index contributed by atoms with van der Waals surface area (Å²) < 4.78 is 1.98. The van der Waals surface area contributed by atoms with Crippen LogP contribution in [0.4, 0.5) is 0 Å². The number of benzene rings is 1. The highest BCUT2D eigenvalue weighted by molar-refractivity contribution is 6.30. The fourth-order valence-electron chi connectivity index (χ4n) is 2.59. The summed E-state index contributed by atoms with van der Waals surface area (Å²) in [7, 11) is 0. The highest BCUT2D eigenvalue weighted by Crippen LogP contribution is 2.28. The zero-order valence-electron chi connectivity index (χ0n) is 10.1. The summed E-state index contributed by atoms with van der Waals surface area (Å²) >= 11 is 6.04. The summed E-state index contributed by atoms with van der Waals surface area (Å²) in [6.07, 6.45) is 6.36. The second-order valence-corrected chi connectivity index (χ2v) is 5.23. The maximum atomic E-state index is 6.19. The Morgan fingerprint density at radius 3 is 3.06 bits per heavy atom. The van der Waals surface area contributed by atoms with Crippen LogP contribution in [-0.2, 0) is 6.42 Å². The minimum Gasteiger partial charge on any atom is -0.324 e. The first kappa shape index (κ1) is 11.8. The zero-order valence-corrected chi connectivity index (χ0v) is 10.9. The molecular formula is C14H16ClN3. The molecule has 18 heavy (non-hydrogen) atoms. The van der Waals surface area contributed by atoms with Crippen molar-refractivity contribution in [3.8, 4) is 5.69 Å². The van der Waals surface area contributed by atoms with Gasteiger partial charge in [0.1, 0.15) is 0 Å². The first-order valence-corrected chi connectivity index (χ1v) is 6.72. The Hall–Kier alpha value is -1.32. The first-order chi connectivity index (χ1) is 8.75. The topological polar surface area (TPSA) is 43.8 Å². The lowest BCUT2D eigenvalue weighted by Gasteiger charge is -2.09. The smallest absolute Gasteiger partial charge is 0.0663 e. The molecule has 1 aliphatic rings. The molecule has 1 aromatic carbocycles. The molecule has 2 N–H and O–H groups in total. The van der Waals surface area contributed by atoms with Crippen LogP contribution in [0.15, 0.2) is 30.5 Å². The number of hydrogen-bond donors (Lipinski definition) is 1. The van der Waals surface area contributed by atoms with E-state index < -0.39 is 0 Å². The predicted molar refractivity (Wildman–Crippen MR) is 73.1 cm³/mol. The van der Waals surface area contributed by atoms with E-state index in [9.17, 15) is 0 Å². The van der Waals surface area contributed by atoms with Gasteiger partial charge in [0, 0.05) is 22.3 Å². The van der Waals surface area contributed by atoms with Gasteiger partial charge < -0.3 is 5.73 Å². The molecule has 0 saturated heterocycles. The van der Waals surface area contributed by atoms with Crippen LogP contribution >= 0.6 is 11.6 Å². The minimum absolute atomic E-state index is 0.121. The van der Waals surface area contributed by atoms with Crippen molar-refractivity contribution in [3.63, 3.8) is 0 Å². The Labute approximate surface area is 112 Å². The van der Waals surface area contributed by atoms with E-state index in [0.29, 0.717) is 0 Å². The van der Waals surface area contributed by atoms with E-state index in [2.05, 4.69) is 5.10 Å². The van der Waals surface area contributed by atoms with Crippen molar-refractivity contribution in [1.29, 1.82) is 0 Å². The van der Waals surface area contributed by atoms with E-state index >= 15 is 0 Å². The highest BCUT2D eigenvalue weighted by Gasteiger charge is 2.20. The second kappa shape index (κ2) is 4.75. The Morgan fingerprint density at radius 2 is 2.22 bits per heavy atom. The largest absolute Gasteiger partial charge is 0.324 e. The van der Waals surface area contributed by atoms with Crippen LogP contribution in [0.25, 0.3) is 5.69 Å². The monoisotopic (exact) mass is 261 g/mol. The van der Waals surface area contributed by atoms with Crippen molar-refractivity contribution in [2.24, 2.45) is 5.73 Å². The van der Waals surface area contributed by atoms with Crippen molar-refractivity contribution < 1.29 is 0 Å². The molecule has 2 aromatic rings. The third kappa shape index (κ3) is 2.04. The summed E-state index contributed by atoms with van der Waals surface area (Å²) in [4.78, 5) is 0. The summed E-state index contributed by atoms with van der Waals surface area (Å²) in [6.45, 7) is 0. The Bertz CT molecular complexity index is 562. The summed E-state index contributed by atoms with van der Waals surface area (Å²) in [5, 5.41) is 5.21. The Morgan fingerprint density at radius 1 is 1.33 bits per heavy atom. The number of nitrogens with two attached hydrogens (primary N) is 1. The molecule has 0 saturated carbocycles. The second-order valence-electron chi connectivity index (χ2n) is 4.79. The van der Waals surface area contributed by atoms with Gasteiger partial charge in [-0.2, -0.15) is 5.10 Å². The van der Waals surface area contributed by atoms with Gasteiger partial charge in [-0.05, 0) is 37.5 Å². The van der Waals surface area contributed by atoms with Gasteiger partial charge in [-0.1, -0.05) is 24.1 Å². The SMILES string of the molecule is NC1CCCCc2c1cnn2-c1cccc(Cl)c1. The molecule has 0 amide bonds. The summed E-state index contributed by atoms with van der Waals surface area (Å²) in [6, 6.07) is 7.90. The van der Waals surface area contributed by atoms with Crippen molar-refractivity contribution in [2.75, 3.05) is 0 Å². The van der Waals surface area contributed by atoms with Gasteiger partial charge >= 0.3 is 0 Å². The van der Waals surface area contributed by atoms with Crippen molar-refractivity contribution in [1.82, 2.24) is 9.78 Å². The van der Waals surface area contributed by atoms with Gasteiger partial charge in [0.25, 0.3) is 0 Å². The number of rotatable bonds is 1. The quantitative estimate of drug-likeness (QED) is 0.801. The number of hydrogen-bond acceptors (Lipinski definition) is 2. The molecule has 1 aliphatic carbocycles. The molecule has 0 fully saturated rings. The van der Waals surface area contributed by atoms with Gasteiger partial charge in [-0.3, -0.25) is 0 Å². The number of fused-ring (bicyclic) bond motifs is 1. The molecule has 0 spiro atoms. The third-order valence-corrected chi connectivity index (χ3v) is 3.77. The van der Waals surface area contributed by atoms with Gasteiger partial charge in [0.2, 0.25) is 0 Å². The van der Waals surface area contributed by atoms with Crippen LogP contribution in [0.2, 0.25) is 5.02 Å². The Balaban J connectivity index is 2.09. The van der Waals surface area contributed by atoms with Gasteiger partial charge in [0.05, 0.1) is 11.9 Å². The number of nitrogens with zero attached hydrogens (tertiary/aromatic N) is 2. The standard InChI is InChI=1S/C14H16ClN3/c15-10-4-3-5-11(8-10)18-14-7-2-1-6-13(16)12(14)9-17-18/h3-5,8-9,13H,1-2,6-7,16H2. The van der Waals surface area contributed by atoms with E-state index in [4.69, 9.17) is 17.3 Å². The molecule has 3 rings (SSSR count). The lowest BCUT2D eigenvalue weighted by atomic mass is 10.1. The van der Waals surface area contributed by atoms with Gasteiger partial charge in [-0.15, -0.1) is 0 Å². The van der Waals surface area contributed by atoms with Crippen molar-refractivity contribution in [2.45, 2.75) is 31.7 Å². The van der Waals surface area contributed by atoms with E-state index in [-0.39, 0.29) is 6.04 Å². The van der Waals surface area contributed by atoms with Gasteiger partial charge in [-0.25, -0.2) is 4.68 Å². The maximum absolute atomic E-state index is 6.19. The average Bonchev–Trinajstić information content (AvgIpc) is 2.70. The molecule has 0 aliphatic heterocycles. The van der Waals surface area contributed by atoms with Crippen LogP contribution in [0.3, 0.4) is 0 Å². The van der Waals surface area contributed by atoms with Crippen LogP contribution < -0.4 is 5.73 Å². The highest BCUT2D eigenvalue weighted by atomic mass is 35.5. The van der Waals surface area contributed by atoms with E-state index in [1.54, 1.807) is 0 Å². The Kier molecular flexibility index (Phi) is 3.10. The van der Waals surface area contributed by atoms with E-state index in [1.807, 2.05) is 35.1 Å². The molecule has 4 heteroatoms. The van der Waals surface area contributed by atoms with Crippen molar-refractivity contribution in [3.05, 3.63) is 46.7 Å². The third-order valence-electron chi connectivity index (χ3n) is 3.53. The normalized spacial score (nSPS) is 19.3. The molecule has 0 radical (unpaired) electrons. The maximum Gasteiger partial charge on any atom is 0.0663 e. The molecule has 94 valence electrons. The first-order valence-electron chi connectivity index (χ1n) is 6.34. The van der Waals surface area contributed by atoms with Crippen LogP contribution in [0, 0.1) is 0 Å². The molecule has 1 aromatic heterocycles. The van der Waals surface area contributed by atoms with Crippen LogP contribution in [0.1, 0.15) is 36.6 Å². The average molecular weight is 262 g/mol. The minimum atomic E-state index is 0.121. The lowest BCUT2D eigenvalue weighted by molar-refractivity contribution is 0.611.